The van der Waals surface area contributed by atoms with E-state index in [1.165, 1.54) is 7.11 Å². The average molecular weight is 394 g/mol. The van der Waals surface area contributed by atoms with Gasteiger partial charge in [-0.15, -0.1) is 5.10 Å². The molecule has 1 saturated heterocycles. The summed E-state index contributed by atoms with van der Waals surface area (Å²) in [7, 11) is 1.54. The molecule has 0 bridgehead atoms. The Balaban J connectivity index is 1.62. The standard InChI is InChI=1S/C21H22N4O4/c1-27-17-10-6-5-9-16(17)19(26)22-18(15-7-3-2-4-8-15)20-23-24-21(29-20)25-11-13-28-14-12-25/h2-10,18H,11-14H2,1H3,(H,22,26)/t18-/m0/s1. The fraction of sp³-hybridized carbons (Fsp3) is 0.286. The fourth-order valence-electron chi connectivity index (χ4n) is 3.20. The highest BCUT2D eigenvalue weighted by Gasteiger charge is 2.26. The van der Waals surface area contributed by atoms with Crippen molar-refractivity contribution in [2.24, 2.45) is 0 Å². The molecule has 1 amide bonds. The Labute approximate surface area is 168 Å². The molecule has 1 atom stereocenters. The van der Waals surface area contributed by atoms with Gasteiger partial charge in [0.05, 0.1) is 25.9 Å². The molecular weight excluding hydrogens is 372 g/mol. The molecule has 3 aromatic rings. The number of aromatic nitrogens is 2. The molecule has 1 aliphatic heterocycles. The zero-order valence-electron chi connectivity index (χ0n) is 16.1. The van der Waals surface area contributed by atoms with E-state index in [1.54, 1.807) is 18.2 Å². The van der Waals surface area contributed by atoms with Crippen LogP contribution in [0.15, 0.2) is 59.0 Å². The van der Waals surface area contributed by atoms with Crippen LogP contribution >= 0.6 is 0 Å². The lowest BCUT2D eigenvalue weighted by atomic mass is 10.1. The summed E-state index contributed by atoms with van der Waals surface area (Å²) in [6.45, 7) is 2.60. The number of carbonyl (C=O) groups excluding carboxylic acids is 1. The maximum Gasteiger partial charge on any atom is 0.318 e. The molecule has 2 aromatic carbocycles. The first-order valence-corrected chi connectivity index (χ1v) is 9.41. The van der Waals surface area contributed by atoms with Crippen LogP contribution in [0.5, 0.6) is 5.75 Å². The van der Waals surface area contributed by atoms with E-state index < -0.39 is 6.04 Å². The second-order valence-corrected chi connectivity index (χ2v) is 6.54. The second-order valence-electron chi connectivity index (χ2n) is 6.54. The Morgan fingerprint density at radius 1 is 1.07 bits per heavy atom. The molecule has 1 aliphatic rings. The fourth-order valence-corrected chi connectivity index (χ4v) is 3.20. The molecule has 8 heteroatoms. The van der Waals surface area contributed by atoms with Crippen LogP contribution in [0.1, 0.15) is 27.9 Å². The Bertz CT molecular complexity index is 954. The number of carbonyl (C=O) groups is 1. The van der Waals surface area contributed by atoms with Crippen molar-refractivity contribution in [3.8, 4) is 5.75 Å². The Morgan fingerprint density at radius 2 is 1.79 bits per heavy atom. The molecule has 0 unspecified atom stereocenters. The molecule has 150 valence electrons. The van der Waals surface area contributed by atoms with Gasteiger partial charge >= 0.3 is 6.01 Å². The molecule has 0 saturated carbocycles. The van der Waals surface area contributed by atoms with Crippen molar-refractivity contribution in [1.82, 2.24) is 15.5 Å². The maximum absolute atomic E-state index is 13.0. The SMILES string of the molecule is COc1ccccc1C(=O)N[C@@H](c1ccccc1)c1nnc(N2CCOCC2)o1. The third-order valence-electron chi connectivity index (χ3n) is 4.72. The molecule has 0 radical (unpaired) electrons. The summed E-state index contributed by atoms with van der Waals surface area (Å²) in [5.41, 5.74) is 1.27. The lowest BCUT2D eigenvalue weighted by Gasteiger charge is -2.24. The van der Waals surface area contributed by atoms with Gasteiger partial charge in [-0.25, -0.2) is 0 Å². The van der Waals surface area contributed by atoms with Crippen LogP contribution in [0.3, 0.4) is 0 Å². The maximum atomic E-state index is 13.0. The molecule has 1 N–H and O–H groups in total. The van der Waals surface area contributed by atoms with Crippen LogP contribution in [-0.4, -0.2) is 49.5 Å². The smallest absolute Gasteiger partial charge is 0.318 e. The minimum absolute atomic E-state index is 0.289. The van der Waals surface area contributed by atoms with Gasteiger partial charge in [0.1, 0.15) is 11.8 Å². The topological polar surface area (TPSA) is 89.7 Å². The number of morpholine rings is 1. The van der Waals surface area contributed by atoms with Gasteiger partial charge in [0.2, 0.25) is 5.89 Å². The minimum atomic E-state index is -0.587. The molecule has 0 spiro atoms. The van der Waals surface area contributed by atoms with Crippen LogP contribution in [0.25, 0.3) is 0 Å². The molecule has 2 heterocycles. The Hall–Kier alpha value is -3.39. The summed E-state index contributed by atoms with van der Waals surface area (Å²) >= 11 is 0. The molecular formula is C21H22N4O4. The van der Waals surface area contributed by atoms with Crippen molar-refractivity contribution in [2.75, 3.05) is 38.3 Å². The molecule has 0 aliphatic carbocycles. The van der Waals surface area contributed by atoms with Gasteiger partial charge in [0.25, 0.3) is 5.91 Å². The summed E-state index contributed by atoms with van der Waals surface area (Å²) in [6.07, 6.45) is 0. The van der Waals surface area contributed by atoms with Crippen LogP contribution in [-0.2, 0) is 4.74 Å². The molecule has 4 rings (SSSR count). The summed E-state index contributed by atoms with van der Waals surface area (Å²) in [4.78, 5) is 15.0. The number of para-hydroxylation sites is 1. The van der Waals surface area contributed by atoms with Gasteiger partial charge in [-0.05, 0) is 17.7 Å². The van der Waals surface area contributed by atoms with E-state index in [-0.39, 0.29) is 5.91 Å². The number of ether oxygens (including phenoxy) is 2. The van der Waals surface area contributed by atoms with Crippen molar-refractivity contribution in [3.63, 3.8) is 0 Å². The molecule has 29 heavy (non-hydrogen) atoms. The lowest BCUT2D eigenvalue weighted by Crippen LogP contribution is -2.36. The molecule has 1 fully saturated rings. The summed E-state index contributed by atoms with van der Waals surface area (Å²) < 4.78 is 16.6. The quantitative estimate of drug-likeness (QED) is 0.687. The lowest BCUT2D eigenvalue weighted by molar-refractivity contribution is 0.0934. The minimum Gasteiger partial charge on any atom is -0.496 e. The monoisotopic (exact) mass is 394 g/mol. The second kappa shape index (κ2) is 8.74. The number of amides is 1. The average Bonchev–Trinajstić information content (AvgIpc) is 3.28. The van der Waals surface area contributed by atoms with E-state index in [0.29, 0.717) is 49.5 Å². The summed E-state index contributed by atoms with van der Waals surface area (Å²) in [6, 6.07) is 16.4. The van der Waals surface area contributed by atoms with Crippen LogP contribution in [0.2, 0.25) is 0 Å². The third-order valence-corrected chi connectivity index (χ3v) is 4.72. The van der Waals surface area contributed by atoms with E-state index in [9.17, 15) is 4.79 Å². The highest BCUT2D eigenvalue weighted by molar-refractivity contribution is 5.97. The number of benzene rings is 2. The van der Waals surface area contributed by atoms with Gasteiger partial charge < -0.3 is 24.1 Å². The van der Waals surface area contributed by atoms with Gasteiger partial charge in [0, 0.05) is 13.1 Å². The first-order chi connectivity index (χ1) is 14.3. The number of nitrogens with zero attached hydrogens (tertiary/aromatic N) is 3. The number of nitrogens with one attached hydrogen (secondary N) is 1. The van der Waals surface area contributed by atoms with Gasteiger partial charge in [-0.1, -0.05) is 47.6 Å². The predicted octanol–water partition coefficient (Wildman–Crippen LogP) is 2.43. The summed E-state index contributed by atoms with van der Waals surface area (Å²) in [5, 5.41) is 11.4. The van der Waals surface area contributed by atoms with E-state index in [0.717, 1.165) is 5.56 Å². The number of hydrogen-bond donors (Lipinski definition) is 1. The van der Waals surface area contributed by atoms with Gasteiger partial charge in [-0.3, -0.25) is 4.79 Å². The van der Waals surface area contributed by atoms with E-state index in [2.05, 4.69) is 15.5 Å². The first kappa shape index (κ1) is 18.9. The van der Waals surface area contributed by atoms with Crippen molar-refractivity contribution in [1.29, 1.82) is 0 Å². The molecule has 1 aromatic heterocycles. The van der Waals surface area contributed by atoms with Crippen LogP contribution in [0, 0.1) is 0 Å². The van der Waals surface area contributed by atoms with Crippen LogP contribution in [0.4, 0.5) is 6.01 Å². The Kier molecular flexibility index (Phi) is 5.71. The number of anilines is 1. The van der Waals surface area contributed by atoms with E-state index in [4.69, 9.17) is 13.9 Å². The van der Waals surface area contributed by atoms with Gasteiger partial charge in [0.15, 0.2) is 0 Å². The van der Waals surface area contributed by atoms with E-state index >= 15 is 0 Å². The number of methoxy groups -OCH3 is 1. The van der Waals surface area contributed by atoms with E-state index in [1.807, 2.05) is 41.3 Å². The normalized spacial score (nSPS) is 15.0. The van der Waals surface area contributed by atoms with Crippen molar-refractivity contribution < 1.29 is 18.7 Å². The number of rotatable bonds is 6. The first-order valence-electron chi connectivity index (χ1n) is 9.41. The van der Waals surface area contributed by atoms with Crippen LogP contribution < -0.4 is 15.0 Å². The largest absolute Gasteiger partial charge is 0.496 e. The van der Waals surface area contributed by atoms with Crippen molar-refractivity contribution >= 4 is 11.9 Å². The van der Waals surface area contributed by atoms with Crippen molar-refractivity contribution in [2.45, 2.75) is 6.04 Å². The predicted molar refractivity (Wildman–Crippen MR) is 106 cm³/mol. The zero-order valence-corrected chi connectivity index (χ0v) is 16.1. The van der Waals surface area contributed by atoms with Gasteiger partial charge in [-0.2, -0.15) is 0 Å². The highest BCUT2D eigenvalue weighted by atomic mass is 16.5. The highest BCUT2D eigenvalue weighted by Crippen LogP contribution is 2.26. The zero-order chi connectivity index (χ0) is 20.1. The van der Waals surface area contributed by atoms with Crippen molar-refractivity contribution in [3.05, 3.63) is 71.6 Å². The third kappa shape index (κ3) is 4.22. The Morgan fingerprint density at radius 3 is 2.55 bits per heavy atom. The summed E-state index contributed by atoms with van der Waals surface area (Å²) in [5.74, 6) is 0.528. The molecule has 8 nitrogen and oxygen atoms in total. The number of hydrogen-bond acceptors (Lipinski definition) is 7.